The van der Waals surface area contributed by atoms with Crippen LogP contribution in [-0.4, -0.2) is 50.4 Å². The van der Waals surface area contributed by atoms with Gasteiger partial charge < -0.3 is 9.47 Å². The smallest absolute Gasteiger partial charge is 0.412 e. The van der Waals surface area contributed by atoms with E-state index in [4.69, 9.17) is 9.47 Å². The fraction of sp³-hybridized carbons (Fsp3) is 0.333. The Kier molecular flexibility index (Phi) is 7.40. The minimum Gasteiger partial charge on any atom is -0.497 e. The van der Waals surface area contributed by atoms with Gasteiger partial charge in [0.25, 0.3) is 5.91 Å². The van der Waals surface area contributed by atoms with Crippen molar-refractivity contribution in [3.63, 3.8) is 0 Å². The molecule has 0 spiro atoms. The Morgan fingerprint density at radius 3 is 2.25 bits per heavy atom. The molecule has 2 aromatic rings. The highest BCUT2D eigenvalue weighted by molar-refractivity contribution is 5.93. The molecule has 0 aliphatic carbocycles. The average molecular weight is 386 g/mol. The molecule has 2 rings (SSSR count). The summed E-state index contributed by atoms with van der Waals surface area (Å²) in [5.41, 5.74) is 4.14. The molecule has 2 N–H and O–H groups in total. The Morgan fingerprint density at radius 2 is 1.68 bits per heavy atom. The SMILES string of the molecule is CCC(C[N+](C)(C)NC(=O)c1ccc(OC)cc1)OC(=O)Nc1ccccc1. The van der Waals surface area contributed by atoms with Crippen LogP contribution in [0.3, 0.4) is 0 Å². The lowest BCUT2D eigenvalue weighted by Crippen LogP contribution is -2.58. The van der Waals surface area contributed by atoms with Crippen molar-refractivity contribution in [3.8, 4) is 5.75 Å². The van der Waals surface area contributed by atoms with Crippen LogP contribution in [0.2, 0.25) is 0 Å². The normalized spacial score (nSPS) is 12.0. The number of methoxy groups -OCH3 is 1. The predicted molar refractivity (Wildman–Crippen MR) is 108 cm³/mol. The monoisotopic (exact) mass is 386 g/mol. The van der Waals surface area contributed by atoms with E-state index >= 15 is 0 Å². The van der Waals surface area contributed by atoms with Crippen molar-refractivity contribution in [2.75, 3.05) is 33.1 Å². The molecule has 7 nitrogen and oxygen atoms in total. The lowest BCUT2D eigenvalue weighted by atomic mass is 10.2. The summed E-state index contributed by atoms with van der Waals surface area (Å²) in [7, 11) is 5.28. The highest BCUT2D eigenvalue weighted by Gasteiger charge is 2.27. The first-order valence-electron chi connectivity index (χ1n) is 9.15. The molecule has 0 bridgehead atoms. The second-order valence-corrected chi connectivity index (χ2v) is 6.96. The van der Waals surface area contributed by atoms with Crippen molar-refractivity contribution >= 4 is 17.7 Å². The van der Waals surface area contributed by atoms with Crippen molar-refractivity contribution in [1.82, 2.24) is 5.43 Å². The maximum atomic E-state index is 12.5. The van der Waals surface area contributed by atoms with Gasteiger partial charge in [-0.3, -0.25) is 10.1 Å². The third-order valence-electron chi connectivity index (χ3n) is 4.17. The van der Waals surface area contributed by atoms with Gasteiger partial charge in [-0.1, -0.05) is 25.1 Å². The number of likely N-dealkylation sites (N-methyl/N-ethyl adjacent to an activating group) is 1. The molecule has 0 aromatic heterocycles. The number of para-hydroxylation sites is 1. The van der Waals surface area contributed by atoms with Crippen LogP contribution in [0.5, 0.6) is 5.75 Å². The van der Waals surface area contributed by atoms with Crippen LogP contribution in [0, 0.1) is 0 Å². The van der Waals surface area contributed by atoms with Crippen molar-refractivity contribution in [3.05, 3.63) is 60.2 Å². The van der Waals surface area contributed by atoms with E-state index in [0.717, 1.165) is 0 Å². The third kappa shape index (κ3) is 6.59. The summed E-state index contributed by atoms with van der Waals surface area (Å²) in [6.07, 6.45) is -0.239. The molecule has 2 aromatic carbocycles. The molecular weight excluding hydrogens is 358 g/mol. The number of hydrogen-bond donors (Lipinski definition) is 2. The molecular formula is C21H28N3O4+. The summed E-state index contributed by atoms with van der Waals surface area (Å²) in [6.45, 7) is 2.37. The first-order chi connectivity index (χ1) is 13.3. The minimum absolute atomic E-state index is 0.169. The Hall–Kier alpha value is -3.06. The highest BCUT2D eigenvalue weighted by atomic mass is 16.6. The van der Waals surface area contributed by atoms with Gasteiger partial charge in [-0.25, -0.2) is 9.39 Å². The molecule has 28 heavy (non-hydrogen) atoms. The van der Waals surface area contributed by atoms with Crippen molar-refractivity contribution in [1.29, 1.82) is 0 Å². The lowest BCUT2D eigenvalue weighted by Gasteiger charge is -2.32. The van der Waals surface area contributed by atoms with E-state index in [0.29, 0.717) is 30.0 Å². The molecule has 0 heterocycles. The van der Waals surface area contributed by atoms with Gasteiger partial charge in [0.2, 0.25) is 0 Å². The Bertz CT molecular complexity index is 776. The zero-order valence-electron chi connectivity index (χ0n) is 16.8. The standard InChI is InChI=1S/C21H27N3O4/c1-5-18(28-21(26)22-17-9-7-6-8-10-17)15-24(2,3)23-20(25)16-11-13-19(27-4)14-12-16/h6-14,18H,5,15H2,1-4H3,(H-,22,23,25,26)/p+1. The topological polar surface area (TPSA) is 76.7 Å². The van der Waals surface area contributed by atoms with Crippen LogP contribution < -0.4 is 15.5 Å². The van der Waals surface area contributed by atoms with E-state index in [9.17, 15) is 9.59 Å². The van der Waals surface area contributed by atoms with E-state index in [1.807, 2.05) is 39.2 Å². The van der Waals surface area contributed by atoms with Crippen LogP contribution in [0.15, 0.2) is 54.6 Å². The molecule has 0 saturated heterocycles. The summed E-state index contributed by atoms with van der Waals surface area (Å²) in [5, 5.41) is 2.70. The maximum absolute atomic E-state index is 12.5. The van der Waals surface area contributed by atoms with Crippen LogP contribution in [-0.2, 0) is 4.74 Å². The van der Waals surface area contributed by atoms with Crippen molar-refractivity contribution in [2.24, 2.45) is 0 Å². The van der Waals surface area contributed by atoms with E-state index in [1.54, 1.807) is 43.5 Å². The number of nitrogens with one attached hydrogen (secondary N) is 2. The van der Waals surface area contributed by atoms with Gasteiger partial charge in [0, 0.05) is 11.3 Å². The summed E-state index contributed by atoms with van der Waals surface area (Å²) in [6, 6.07) is 16.0. The molecule has 0 aliphatic heterocycles. The number of carbonyl (C=O) groups excluding carboxylic acids is 2. The average Bonchev–Trinajstić information content (AvgIpc) is 2.67. The first-order valence-corrected chi connectivity index (χ1v) is 9.15. The van der Waals surface area contributed by atoms with Gasteiger partial charge in [-0.15, -0.1) is 0 Å². The van der Waals surface area contributed by atoms with Crippen molar-refractivity contribution in [2.45, 2.75) is 19.4 Å². The third-order valence-corrected chi connectivity index (χ3v) is 4.17. The quantitative estimate of drug-likeness (QED) is 0.538. The Labute approximate surface area is 165 Å². The lowest BCUT2D eigenvalue weighted by molar-refractivity contribution is -0.927. The zero-order chi connectivity index (χ0) is 20.6. The second kappa shape index (κ2) is 9.75. The van der Waals surface area contributed by atoms with E-state index in [1.165, 1.54) is 0 Å². The molecule has 2 amide bonds. The second-order valence-electron chi connectivity index (χ2n) is 6.96. The van der Waals surface area contributed by atoms with Crippen LogP contribution in [0.25, 0.3) is 0 Å². The molecule has 1 atom stereocenters. The number of benzene rings is 2. The van der Waals surface area contributed by atoms with Crippen LogP contribution in [0.1, 0.15) is 23.7 Å². The fourth-order valence-electron chi connectivity index (χ4n) is 2.71. The number of ether oxygens (including phenoxy) is 2. The van der Waals surface area contributed by atoms with Crippen LogP contribution in [0.4, 0.5) is 10.5 Å². The van der Waals surface area contributed by atoms with Gasteiger partial charge in [0.15, 0.2) is 6.10 Å². The number of anilines is 1. The number of amides is 2. The van der Waals surface area contributed by atoms with Crippen molar-refractivity contribution < 1.29 is 23.7 Å². The van der Waals surface area contributed by atoms with E-state index in [-0.39, 0.29) is 16.6 Å². The minimum atomic E-state index is -0.514. The summed E-state index contributed by atoms with van der Waals surface area (Å²) in [5.74, 6) is 0.477. The number of quaternary nitrogens is 1. The largest absolute Gasteiger partial charge is 0.497 e. The van der Waals surface area contributed by atoms with E-state index in [2.05, 4.69) is 10.7 Å². The Morgan fingerprint density at radius 1 is 1.04 bits per heavy atom. The van der Waals surface area contributed by atoms with Gasteiger partial charge in [-0.05, 0) is 42.8 Å². The number of hydrogen-bond acceptors (Lipinski definition) is 4. The summed E-state index contributed by atoms with van der Waals surface area (Å²) in [4.78, 5) is 24.6. The van der Waals surface area contributed by atoms with Gasteiger partial charge >= 0.3 is 6.09 Å². The summed E-state index contributed by atoms with van der Waals surface area (Å²) >= 11 is 0. The zero-order valence-corrected chi connectivity index (χ0v) is 16.8. The molecule has 0 aliphatic rings. The summed E-state index contributed by atoms with van der Waals surface area (Å²) < 4.78 is 10.8. The van der Waals surface area contributed by atoms with E-state index < -0.39 is 6.09 Å². The van der Waals surface area contributed by atoms with Gasteiger partial charge in [-0.2, -0.15) is 5.43 Å². The molecule has 1 unspecified atom stereocenters. The van der Waals surface area contributed by atoms with Crippen LogP contribution >= 0.6 is 0 Å². The number of rotatable bonds is 8. The molecule has 7 heteroatoms. The predicted octanol–water partition coefficient (Wildman–Crippen LogP) is 3.44. The highest BCUT2D eigenvalue weighted by Crippen LogP contribution is 2.13. The number of carbonyl (C=O) groups is 2. The Balaban J connectivity index is 1.91. The molecule has 0 radical (unpaired) electrons. The molecule has 0 saturated carbocycles. The molecule has 150 valence electrons. The maximum Gasteiger partial charge on any atom is 0.412 e. The first kappa shape index (κ1) is 21.2. The number of nitrogens with zero attached hydrogens (tertiary/aromatic N) is 1. The molecule has 0 fully saturated rings. The van der Waals surface area contributed by atoms with Gasteiger partial charge in [0.1, 0.15) is 12.3 Å². The van der Waals surface area contributed by atoms with Gasteiger partial charge in [0.05, 0.1) is 21.2 Å². The fourth-order valence-corrected chi connectivity index (χ4v) is 2.71.